The Morgan fingerprint density at radius 1 is 1.42 bits per heavy atom. The molecule has 1 fully saturated rings. The van der Waals surface area contributed by atoms with Crippen molar-refractivity contribution >= 4 is 16.0 Å². The van der Waals surface area contributed by atoms with Crippen molar-refractivity contribution in [3.05, 3.63) is 0 Å². The van der Waals surface area contributed by atoms with E-state index in [9.17, 15) is 8.42 Å². The molecule has 1 aliphatic rings. The second-order valence-corrected chi connectivity index (χ2v) is 6.35. The van der Waals surface area contributed by atoms with E-state index in [1.165, 1.54) is 11.4 Å². The van der Waals surface area contributed by atoms with Gasteiger partial charge in [0.25, 0.3) is 10.2 Å². The summed E-state index contributed by atoms with van der Waals surface area (Å²) in [7, 11) is -1.96. The molecule has 1 atom stereocenters. The van der Waals surface area contributed by atoms with Crippen LogP contribution in [0, 0.1) is 0 Å². The molecule has 1 unspecified atom stereocenters. The maximum atomic E-state index is 11.7. The molecule has 0 aromatic rings. The molecule has 0 bridgehead atoms. The van der Waals surface area contributed by atoms with Crippen LogP contribution in [0.2, 0.25) is 0 Å². The Morgan fingerprint density at radius 3 is 2.42 bits per heavy atom. The van der Waals surface area contributed by atoms with Crippen molar-refractivity contribution in [3.8, 4) is 0 Å². The van der Waals surface area contributed by atoms with Gasteiger partial charge < -0.3 is 10.9 Å². The Bertz CT molecular complexity index is 403. The predicted octanol–water partition coefficient (Wildman–Crippen LogP) is -1.02. The van der Waals surface area contributed by atoms with Crippen LogP contribution in [0.4, 0.5) is 0 Å². The first-order valence-corrected chi connectivity index (χ1v) is 7.80. The van der Waals surface area contributed by atoms with Gasteiger partial charge in [-0.15, -0.1) is 0 Å². The highest BCUT2D eigenvalue weighted by Crippen LogP contribution is 2.13. The van der Waals surface area contributed by atoms with Crippen molar-refractivity contribution < 1.29 is 13.6 Å². The Hall–Kier alpha value is -0.900. The molecule has 1 saturated heterocycles. The topological polar surface area (TPSA) is 111 Å². The Kier molecular flexibility index (Phi) is 5.98. The van der Waals surface area contributed by atoms with Gasteiger partial charge >= 0.3 is 0 Å². The number of amidine groups is 1. The molecule has 0 aromatic carbocycles. The maximum absolute atomic E-state index is 11.7. The average Bonchev–Trinajstić information content (AvgIpc) is 2.44. The molecule has 0 spiro atoms. The smallest absolute Gasteiger partial charge is 0.279 e. The molecule has 0 saturated carbocycles. The van der Waals surface area contributed by atoms with E-state index in [1.807, 2.05) is 6.92 Å². The minimum atomic E-state index is -3.36. The van der Waals surface area contributed by atoms with Crippen molar-refractivity contribution in [3.63, 3.8) is 0 Å². The Morgan fingerprint density at radius 2 is 2.00 bits per heavy atom. The molecule has 0 amide bonds. The number of nitrogens with two attached hydrogens (primary N) is 1. The Balaban J connectivity index is 2.66. The molecule has 0 aliphatic carbocycles. The van der Waals surface area contributed by atoms with Crippen LogP contribution in [-0.2, 0) is 10.2 Å². The minimum absolute atomic E-state index is 0.130. The summed E-state index contributed by atoms with van der Waals surface area (Å²) in [6.45, 7) is 3.98. The molecular formula is C10H23N5O3S. The van der Waals surface area contributed by atoms with Gasteiger partial charge in [0, 0.05) is 33.2 Å². The number of hydrogen-bond donors (Lipinski definition) is 3. The summed E-state index contributed by atoms with van der Waals surface area (Å²) < 4.78 is 27.0. The number of rotatable bonds is 6. The van der Waals surface area contributed by atoms with Gasteiger partial charge in [0.05, 0.1) is 6.04 Å². The van der Waals surface area contributed by atoms with Gasteiger partial charge in [-0.3, -0.25) is 4.90 Å². The third-order valence-electron chi connectivity index (χ3n) is 3.33. The van der Waals surface area contributed by atoms with Crippen molar-refractivity contribution in [1.82, 2.24) is 13.9 Å². The highest BCUT2D eigenvalue weighted by atomic mass is 32.2. The molecule has 1 heterocycles. The first-order chi connectivity index (χ1) is 8.96. The molecule has 9 heteroatoms. The minimum Gasteiger partial charge on any atom is -0.409 e. The first-order valence-electron chi connectivity index (χ1n) is 6.36. The number of nitrogens with one attached hydrogen (secondary N) is 1. The van der Waals surface area contributed by atoms with Crippen molar-refractivity contribution in [1.29, 1.82) is 0 Å². The summed E-state index contributed by atoms with van der Waals surface area (Å²) in [5.74, 6) is 0.187. The molecule has 0 radical (unpaired) electrons. The number of nitrogens with zero attached hydrogens (tertiary/aromatic N) is 3. The lowest BCUT2D eigenvalue weighted by atomic mass is 10.1. The third-order valence-corrected chi connectivity index (χ3v) is 4.89. The van der Waals surface area contributed by atoms with E-state index in [0.717, 1.165) is 12.8 Å². The SMILES string of the molecule is CCCC(C(N)=NO)N1CCN(S(=O)(=O)NC)CC1. The average molecular weight is 293 g/mol. The summed E-state index contributed by atoms with van der Waals surface area (Å²) in [4.78, 5) is 2.06. The number of oxime groups is 1. The summed E-state index contributed by atoms with van der Waals surface area (Å²) in [6.07, 6.45) is 1.70. The van der Waals surface area contributed by atoms with Crippen LogP contribution in [0.25, 0.3) is 0 Å². The fourth-order valence-electron chi connectivity index (χ4n) is 2.24. The summed E-state index contributed by atoms with van der Waals surface area (Å²) in [6, 6.07) is -0.130. The van der Waals surface area contributed by atoms with Crippen LogP contribution >= 0.6 is 0 Å². The lowest BCUT2D eigenvalue weighted by molar-refractivity contribution is 0.157. The Labute approximate surface area is 114 Å². The molecular weight excluding hydrogens is 270 g/mol. The fourth-order valence-corrected chi connectivity index (χ4v) is 3.14. The second-order valence-electron chi connectivity index (χ2n) is 4.47. The highest BCUT2D eigenvalue weighted by Gasteiger charge is 2.30. The van der Waals surface area contributed by atoms with Gasteiger partial charge in [0.1, 0.15) is 0 Å². The molecule has 4 N–H and O–H groups in total. The van der Waals surface area contributed by atoms with E-state index in [4.69, 9.17) is 10.9 Å². The lowest BCUT2D eigenvalue weighted by Crippen LogP contribution is -2.56. The normalized spacial score (nSPS) is 21.5. The van der Waals surface area contributed by atoms with Gasteiger partial charge in [-0.2, -0.15) is 12.7 Å². The van der Waals surface area contributed by atoms with E-state index < -0.39 is 10.2 Å². The van der Waals surface area contributed by atoms with Crippen LogP contribution < -0.4 is 10.5 Å². The van der Waals surface area contributed by atoms with Gasteiger partial charge in [0.15, 0.2) is 5.84 Å². The predicted molar refractivity (Wildman–Crippen MR) is 73.2 cm³/mol. The van der Waals surface area contributed by atoms with Crippen LogP contribution in [0.3, 0.4) is 0 Å². The van der Waals surface area contributed by atoms with Crippen LogP contribution in [-0.4, -0.2) is 67.9 Å². The maximum Gasteiger partial charge on any atom is 0.279 e. The zero-order valence-corrected chi connectivity index (χ0v) is 12.2. The molecule has 0 aromatic heterocycles. The summed E-state index contributed by atoms with van der Waals surface area (Å²) in [5.41, 5.74) is 5.69. The summed E-state index contributed by atoms with van der Waals surface area (Å²) >= 11 is 0. The first kappa shape index (κ1) is 16.2. The zero-order chi connectivity index (χ0) is 14.5. The van der Waals surface area contributed by atoms with Gasteiger partial charge in [-0.05, 0) is 6.42 Å². The largest absolute Gasteiger partial charge is 0.409 e. The van der Waals surface area contributed by atoms with E-state index in [-0.39, 0.29) is 11.9 Å². The monoisotopic (exact) mass is 293 g/mol. The van der Waals surface area contributed by atoms with Crippen LogP contribution in [0.1, 0.15) is 19.8 Å². The summed E-state index contributed by atoms with van der Waals surface area (Å²) in [5, 5.41) is 11.9. The molecule has 112 valence electrons. The standard InChI is InChI=1S/C10H23N5O3S/c1-3-4-9(10(11)13-16)14-5-7-15(8-6-14)19(17,18)12-2/h9,12,16H,3-8H2,1-2H3,(H2,11,13). The molecule has 1 aliphatic heterocycles. The van der Waals surface area contributed by atoms with Gasteiger partial charge in [-0.25, -0.2) is 4.72 Å². The van der Waals surface area contributed by atoms with Gasteiger partial charge in [0.2, 0.25) is 0 Å². The fraction of sp³-hybridized carbons (Fsp3) is 0.900. The number of piperazine rings is 1. The van der Waals surface area contributed by atoms with Gasteiger partial charge in [-0.1, -0.05) is 18.5 Å². The third kappa shape index (κ3) is 4.03. The van der Waals surface area contributed by atoms with Crippen molar-refractivity contribution in [2.75, 3.05) is 33.2 Å². The zero-order valence-electron chi connectivity index (χ0n) is 11.4. The lowest BCUT2D eigenvalue weighted by Gasteiger charge is -2.37. The molecule has 19 heavy (non-hydrogen) atoms. The molecule has 8 nitrogen and oxygen atoms in total. The quantitative estimate of drug-likeness (QED) is 0.251. The van der Waals surface area contributed by atoms with E-state index in [1.54, 1.807) is 0 Å². The molecule has 1 rings (SSSR count). The van der Waals surface area contributed by atoms with Crippen LogP contribution in [0.15, 0.2) is 5.16 Å². The van der Waals surface area contributed by atoms with E-state index in [2.05, 4.69) is 14.8 Å². The van der Waals surface area contributed by atoms with E-state index in [0.29, 0.717) is 26.2 Å². The van der Waals surface area contributed by atoms with Crippen molar-refractivity contribution in [2.45, 2.75) is 25.8 Å². The van der Waals surface area contributed by atoms with E-state index >= 15 is 0 Å². The second kappa shape index (κ2) is 7.04. The van der Waals surface area contributed by atoms with Crippen LogP contribution in [0.5, 0.6) is 0 Å². The highest BCUT2D eigenvalue weighted by molar-refractivity contribution is 7.87. The number of hydrogen-bond acceptors (Lipinski definition) is 5. The van der Waals surface area contributed by atoms with Crippen molar-refractivity contribution in [2.24, 2.45) is 10.9 Å².